The fourth-order valence-corrected chi connectivity index (χ4v) is 5.12. The van der Waals surface area contributed by atoms with E-state index in [1.807, 2.05) is 35.7 Å². The average Bonchev–Trinajstić information content (AvgIpc) is 3.03. The van der Waals surface area contributed by atoms with Crippen molar-refractivity contribution in [2.24, 2.45) is 0 Å². The van der Waals surface area contributed by atoms with Crippen molar-refractivity contribution >= 4 is 35.1 Å². The lowest BCUT2D eigenvalue weighted by Crippen LogP contribution is -2.48. The molecule has 108 valence electrons. The van der Waals surface area contributed by atoms with E-state index >= 15 is 0 Å². The van der Waals surface area contributed by atoms with E-state index in [4.69, 9.17) is 4.74 Å². The molecule has 20 heavy (non-hydrogen) atoms. The van der Waals surface area contributed by atoms with Gasteiger partial charge in [-0.25, -0.2) is 0 Å². The van der Waals surface area contributed by atoms with Gasteiger partial charge in [0.15, 0.2) is 0 Å². The molecule has 0 spiro atoms. The topological polar surface area (TPSA) is 50.4 Å². The number of hydrogen-bond acceptors (Lipinski definition) is 5. The third kappa shape index (κ3) is 3.49. The second kappa shape index (κ2) is 6.85. The molecule has 2 saturated heterocycles. The first-order valence-corrected chi connectivity index (χ1v) is 8.88. The molecule has 0 bridgehead atoms. The van der Waals surface area contributed by atoms with Gasteiger partial charge < -0.3 is 15.4 Å². The molecule has 1 unspecified atom stereocenters. The number of carbonyl (C=O) groups excluding carboxylic acids is 1. The standard InChI is InChI=1S/C14H18N2O2S2/c17-13(12-9-18-5-4-15-12)16-11-3-1-2-10(8-11)14-19-6-7-20-14/h1-3,8,12,14-15H,4-7,9H2,(H,16,17). The molecule has 0 aliphatic carbocycles. The first kappa shape index (κ1) is 14.3. The molecule has 2 heterocycles. The smallest absolute Gasteiger partial charge is 0.243 e. The van der Waals surface area contributed by atoms with Gasteiger partial charge in [-0.1, -0.05) is 12.1 Å². The number of thioether (sulfide) groups is 2. The number of nitrogens with one attached hydrogen (secondary N) is 2. The molecule has 0 aromatic heterocycles. The van der Waals surface area contributed by atoms with Crippen LogP contribution in [0.25, 0.3) is 0 Å². The average molecular weight is 310 g/mol. The fraction of sp³-hybridized carbons (Fsp3) is 0.500. The van der Waals surface area contributed by atoms with Crippen molar-refractivity contribution in [1.29, 1.82) is 0 Å². The molecule has 2 fully saturated rings. The third-order valence-corrected chi connectivity index (χ3v) is 6.39. The van der Waals surface area contributed by atoms with Crippen LogP contribution in [0.5, 0.6) is 0 Å². The van der Waals surface area contributed by atoms with E-state index in [9.17, 15) is 4.79 Å². The van der Waals surface area contributed by atoms with Gasteiger partial charge in [0.1, 0.15) is 6.04 Å². The fourth-order valence-electron chi connectivity index (χ4n) is 2.28. The van der Waals surface area contributed by atoms with Gasteiger partial charge in [-0.3, -0.25) is 4.79 Å². The molecule has 4 nitrogen and oxygen atoms in total. The van der Waals surface area contributed by atoms with Crippen LogP contribution in [0.2, 0.25) is 0 Å². The number of anilines is 1. The number of benzene rings is 1. The maximum absolute atomic E-state index is 12.1. The minimum Gasteiger partial charge on any atom is -0.378 e. The molecule has 1 aromatic rings. The van der Waals surface area contributed by atoms with E-state index in [0.29, 0.717) is 17.8 Å². The van der Waals surface area contributed by atoms with E-state index in [2.05, 4.69) is 22.8 Å². The van der Waals surface area contributed by atoms with Crippen LogP contribution >= 0.6 is 23.5 Å². The summed E-state index contributed by atoms with van der Waals surface area (Å²) >= 11 is 3.94. The van der Waals surface area contributed by atoms with Crippen LogP contribution in [0.3, 0.4) is 0 Å². The molecule has 0 saturated carbocycles. The van der Waals surface area contributed by atoms with Crippen molar-refractivity contribution in [3.8, 4) is 0 Å². The van der Waals surface area contributed by atoms with Crippen molar-refractivity contribution in [2.45, 2.75) is 10.6 Å². The number of carbonyl (C=O) groups is 1. The van der Waals surface area contributed by atoms with Crippen LogP contribution in [0, 0.1) is 0 Å². The second-order valence-corrected chi connectivity index (χ2v) is 7.49. The normalized spacial score (nSPS) is 23.7. The van der Waals surface area contributed by atoms with E-state index in [1.54, 1.807) is 0 Å². The largest absolute Gasteiger partial charge is 0.378 e. The number of rotatable bonds is 3. The number of morpholine rings is 1. The van der Waals surface area contributed by atoms with Gasteiger partial charge in [0, 0.05) is 23.7 Å². The van der Waals surface area contributed by atoms with Gasteiger partial charge >= 0.3 is 0 Å². The number of ether oxygens (including phenoxy) is 1. The molecule has 1 amide bonds. The molecule has 2 N–H and O–H groups in total. The zero-order valence-electron chi connectivity index (χ0n) is 11.1. The summed E-state index contributed by atoms with van der Waals surface area (Å²) in [5, 5.41) is 6.14. The Labute approximate surface area is 127 Å². The Hall–Kier alpha value is -0.690. The lowest BCUT2D eigenvalue weighted by atomic mass is 10.2. The molecule has 1 aromatic carbocycles. The predicted molar refractivity (Wildman–Crippen MR) is 85.3 cm³/mol. The Balaban J connectivity index is 1.64. The summed E-state index contributed by atoms with van der Waals surface area (Å²) in [6.07, 6.45) is 0. The van der Waals surface area contributed by atoms with Crippen LogP contribution in [-0.2, 0) is 9.53 Å². The minimum absolute atomic E-state index is 0.0198. The third-order valence-electron chi connectivity index (χ3n) is 3.29. The van der Waals surface area contributed by atoms with Gasteiger partial charge in [-0.05, 0) is 17.7 Å². The van der Waals surface area contributed by atoms with Crippen molar-refractivity contribution in [2.75, 3.05) is 36.6 Å². The maximum Gasteiger partial charge on any atom is 0.243 e. The molecular formula is C14H18N2O2S2. The highest BCUT2D eigenvalue weighted by molar-refractivity contribution is 8.19. The lowest BCUT2D eigenvalue weighted by molar-refractivity contribution is -0.120. The van der Waals surface area contributed by atoms with Crippen molar-refractivity contribution < 1.29 is 9.53 Å². The Morgan fingerprint density at radius 1 is 1.35 bits per heavy atom. The van der Waals surface area contributed by atoms with Gasteiger partial charge in [0.2, 0.25) is 5.91 Å². The molecule has 3 rings (SSSR count). The Bertz CT molecular complexity index is 472. The molecular weight excluding hydrogens is 292 g/mol. The SMILES string of the molecule is O=C(Nc1cccc(C2SCCS2)c1)C1COCCN1. The van der Waals surface area contributed by atoms with Gasteiger partial charge in [-0.2, -0.15) is 0 Å². The Kier molecular flexibility index (Phi) is 4.88. The lowest BCUT2D eigenvalue weighted by Gasteiger charge is -2.23. The predicted octanol–water partition coefficient (Wildman–Crippen LogP) is 2.09. The van der Waals surface area contributed by atoms with Crippen LogP contribution in [0.15, 0.2) is 24.3 Å². The van der Waals surface area contributed by atoms with Gasteiger partial charge in [0.05, 0.1) is 17.8 Å². The molecule has 0 radical (unpaired) electrons. The molecule has 2 aliphatic heterocycles. The molecule has 6 heteroatoms. The second-order valence-electron chi connectivity index (χ2n) is 4.77. The zero-order valence-corrected chi connectivity index (χ0v) is 12.8. The summed E-state index contributed by atoms with van der Waals surface area (Å²) in [4.78, 5) is 12.1. The highest BCUT2D eigenvalue weighted by Crippen LogP contribution is 2.45. The summed E-state index contributed by atoms with van der Waals surface area (Å²) in [7, 11) is 0. The quantitative estimate of drug-likeness (QED) is 0.895. The molecule has 2 aliphatic rings. The number of amides is 1. The van der Waals surface area contributed by atoms with E-state index < -0.39 is 0 Å². The first-order valence-electron chi connectivity index (χ1n) is 6.78. The highest BCUT2D eigenvalue weighted by atomic mass is 32.2. The van der Waals surface area contributed by atoms with E-state index in [-0.39, 0.29) is 11.9 Å². The minimum atomic E-state index is -0.248. The first-order chi connectivity index (χ1) is 9.83. The Morgan fingerprint density at radius 2 is 2.20 bits per heavy atom. The monoisotopic (exact) mass is 310 g/mol. The van der Waals surface area contributed by atoms with Gasteiger partial charge in [-0.15, -0.1) is 23.5 Å². The van der Waals surface area contributed by atoms with Gasteiger partial charge in [0.25, 0.3) is 0 Å². The van der Waals surface area contributed by atoms with Crippen LogP contribution in [-0.4, -0.2) is 43.2 Å². The van der Waals surface area contributed by atoms with E-state index in [0.717, 1.165) is 12.2 Å². The van der Waals surface area contributed by atoms with Crippen LogP contribution in [0.4, 0.5) is 5.69 Å². The summed E-state index contributed by atoms with van der Waals surface area (Å²) < 4.78 is 5.82. The summed E-state index contributed by atoms with van der Waals surface area (Å²) in [5.41, 5.74) is 2.15. The van der Waals surface area contributed by atoms with Crippen LogP contribution < -0.4 is 10.6 Å². The van der Waals surface area contributed by atoms with Crippen LogP contribution in [0.1, 0.15) is 10.1 Å². The van der Waals surface area contributed by atoms with Crippen molar-refractivity contribution in [1.82, 2.24) is 5.32 Å². The number of hydrogen-bond donors (Lipinski definition) is 2. The maximum atomic E-state index is 12.1. The van der Waals surface area contributed by atoms with E-state index in [1.165, 1.54) is 17.1 Å². The molecule has 1 atom stereocenters. The Morgan fingerprint density at radius 3 is 2.95 bits per heavy atom. The summed E-state index contributed by atoms with van der Waals surface area (Å²) in [6, 6.07) is 7.91. The summed E-state index contributed by atoms with van der Waals surface area (Å²) in [6.45, 7) is 1.85. The highest BCUT2D eigenvalue weighted by Gasteiger charge is 2.22. The van der Waals surface area contributed by atoms with Crippen molar-refractivity contribution in [3.05, 3.63) is 29.8 Å². The summed E-state index contributed by atoms with van der Waals surface area (Å²) in [5.74, 6) is 2.39. The van der Waals surface area contributed by atoms with Crippen molar-refractivity contribution in [3.63, 3.8) is 0 Å². The zero-order chi connectivity index (χ0) is 13.8.